The van der Waals surface area contributed by atoms with Gasteiger partial charge in [0, 0.05) is 29.5 Å². The summed E-state index contributed by atoms with van der Waals surface area (Å²) < 4.78 is 6.25. The summed E-state index contributed by atoms with van der Waals surface area (Å²) in [6.07, 6.45) is 3.00. The summed E-state index contributed by atoms with van der Waals surface area (Å²) >= 11 is 10.2. The van der Waals surface area contributed by atoms with E-state index in [9.17, 15) is 0 Å². The number of fused-ring (bicyclic) bond motifs is 1. The molecule has 0 aliphatic carbocycles. The number of methoxy groups -OCH3 is 1. The van der Waals surface area contributed by atoms with Gasteiger partial charge in [-0.1, -0.05) is 45.7 Å². The van der Waals surface area contributed by atoms with E-state index in [0.29, 0.717) is 0 Å². The summed E-state index contributed by atoms with van der Waals surface area (Å²) in [4.78, 5) is 9.38. The molecule has 1 aromatic heterocycles. The lowest BCUT2D eigenvalue weighted by Crippen LogP contribution is -2.44. The maximum absolute atomic E-state index is 6.74. The summed E-state index contributed by atoms with van der Waals surface area (Å²) in [5, 5.41) is 1.77. The SMILES string of the molecule is COc1ccc(CN2CCCN(c3cnc4cc(Br)ccc4c3Cl)C2)cc1. The molecule has 0 amide bonds. The van der Waals surface area contributed by atoms with Crippen LogP contribution in [0.25, 0.3) is 10.9 Å². The number of hydrogen-bond donors (Lipinski definition) is 0. The van der Waals surface area contributed by atoms with Gasteiger partial charge < -0.3 is 9.64 Å². The second kappa shape index (κ2) is 8.05. The summed E-state index contributed by atoms with van der Waals surface area (Å²) in [6, 6.07) is 14.3. The average molecular weight is 447 g/mol. The number of benzene rings is 2. The monoisotopic (exact) mass is 445 g/mol. The molecule has 1 fully saturated rings. The van der Waals surface area contributed by atoms with Crippen molar-refractivity contribution in [2.75, 3.05) is 31.8 Å². The number of anilines is 1. The molecule has 0 bridgehead atoms. The average Bonchev–Trinajstić information content (AvgIpc) is 2.69. The number of nitrogens with zero attached hydrogens (tertiary/aromatic N) is 3. The third kappa shape index (κ3) is 4.05. The molecule has 0 unspecified atom stereocenters. The van der Waals surface area contributed by atoms with Crippen molar-refractivity contribution in [3.8, 4) is 5.75 Å². The minimum atomic E-state index is 0.777. The molecule has 0 spiro atoms. The highest BCUT2D eigenvalue weighted by atomic mass is 79.9. The van der Waals surface area contributed by atoms with Crippen LogP contribution in [-0.4, -0.2) is 36.8 Å². The molecular formula is C21H21BrClN3O. The second-order valence-corrected chi connectivity index (χ2v) is 8.07. The number of aromatic nitrogens is 1. The quantitative estimate of drug-likeness (QED) is 0.542. The highest BCUT2D eigenvalue weighted by Crippen LogP contribution is 2.34. The van der Waals surface area contributed by atoms with Crippen LogP contribution in [0.15, 0.2) is 53.1 Å². The zero-order chi connectivity index (χ0) is 18.8. The summed E-state index contributed by atoms with van der Waals surface area (Å²) in [5.41, 5.74) is 3.20. The molecule has 3 aromatic rings. The largest absolute Gasteiger partial charge is 0.497 e. The van der Waals surface area contributed by atoms with Gasteiger partial charge in [0.25, 0.3) is 0 Å². The number of rotatable bonds is 4. The van der Waals surface area contributed by atoms with Gasteiger partial charge in [0.05, 0.1) is 36.2 Å². The van der Waals surface area contributed by atoms with Crippen molar-refractivity contribution < 1.29 is 4.74 Å². The Morgan fingerprint density at radius 1 is 1.15 bits per heavy atom. The van der Waals surface area contributed by atoms with Gasteiger partial charge >= 0.3 is 0 Å². The lowest BCUT2D eigenvalue weighted by molar-refractivity contribution is 0.233. The Labute approximate surface area is 172 Å². The van der Waals surface area contributed by atoms with Crippen LogP contribution in [-0.2, 0) is 6.54 Å². The van der Waals surface area contributed by atoms with Crippen molar-refractivity contribution in [3.63, 3.8) is 0 Å². The van der Waals surface area contributed by atoms with Gasteiger partial charge in [0.1, 0.15) is 5.75 Å². The fourth-order valence-corrected chi connectivity index (χ4v) is 4.20. The van der Waals surface area contributed by atoms with Gasteiger partial charge in [-0.15, -0.1) is 0 Å². The van der Waals surface area contributed by atoms with E-state index in [4.69, 9.17) is 16.3 Å². The van der Waals surface area contributed by atoms with Crippen LogP contribution in [0.5, 0.6) is 5.75 Å². The van der Waals surface area contributed by atoms with Crippen LogP contribution < -0.4 is 9.64 Å². The topological polar surface area (TPSA) is 28.6 Å². The zero-order valence-electron chi connectivity index (χ0n) is 15.2. The first-order chi connectivity index (χ1) is 13.1. The Balaban J connectivity index is 1.53. The third-order valence-corrected chi connectivity index (χ3v) is 5.82. The van der Waals surface area contributed by atoms with Gasteiger partial charge in [-0.05, 0) is 36.2 Å². The van der Waals surface area contributed by atoms with Crippen LogP contribution in [0.4, 0.5) is 5.69 Å². The lowest BCUT2D eigenvalue weighted by atomic mass is 10.1. The van der Waals surface area contributed by atoms with Crippen molar-refractivity contribution >= 4 is 44.1 Å². The van der Waals surface area contributed by atoms with Crippen molar-refractivity contribution in [3.05, 3.63) is 63.7 Å². The Bertz CT molecular complexity index is 948. The van der Waals surface area contributed by atoms with Crippen molar-refractivity contribution in [2.24, 2.45) is 0 Å². The van der Waals surface area contributed by atoms with E-state index >= 15 is 0 Å². The van der Waals surface area contributed by atoms with Crippen LogP contribution in [0.3, 0.4) is 0 Å². The molecule has 140 valence electrons. The first-order valence-corrected chi connectivity index (χ1v) is 10.1. The smallest absolute Gasteiger partial charge is 0.118 e. The molecule has 2 aromatic carbocycles. The Kier molecular flexibility index (Phi) is 5.53. The predicted octanol–water partition coefficient (Wildman–Crippen LogP) is 5.33. The molecule has 1 saturated heterocycles. The summed E-state index contributed by atoms with van der Waals surface area (Å²) in [5.74, 6) is 0.889. The van der Waals surface area contributed by atoms with E-state index in [1.807, 2.05) is 36.5 Å². The molecule has 2 heterocycles. The van der Waals surface area contributed by atoms with Gasteiger partial charge in [0.15, 0.2) is 0 Å². The molecule has 4 nitrogen and oxygen atoms in total. The van der Waals surface area contributed by atoms with E-state index in [1.165, 1.54) is 5.56 Å². The maximum atomic E-state index is 6.74. The Hall–Kier alpha value is -1.82. The molecule has 1 aliphatic heterocycles. The van der Waals surface area contributed by atoms with E-state index < -0.39 is 0 Å². The maximum Gasteiger partial charge on any atom is 0.118 e. The Morgan fingerprint density at radius 3 is 2.74 bits per heavy atom. The van der Waals surface area contributed by atoms with Crippen molar-refractivity contribution in [2.45, 2.75) is 13.0 Å². The molecule has 6 heteroatoms. The highest BCUT2D eigenvalue weighted by Gasteiger charge is 2.21. The van der Waals surface area contributed by atoms with Crippen molar-refractivity contribution in [1.82, 2.24) is 9.88 Å². The standard InChI is InChI=1S/C21H21BrClN3O/c1-27-17-6-3-15(4-7-17)13-25-9-2-10-26(14-25)20-12-24-19-11-16(22)5-8-18(19)21(20)23/h3-8,11-12H,2,9-10,13-14H2,1H3. The molecule has 4 rings (SSSR count). The van der Waals surface area contributed by atoms with Crippen molar-refractivity contribution in [1.29, 1.82) is 0 Å². The van der Waals surface area contributed by atoms with Crippen LogP contribution in [0.1, 0.15) is 12.0 Å². The number of hydrogen-bond acceptors (Lipinski definition) is 4. The molecule has 0 atom stereocenters. The van der Waals surface area contributed by atoms with Gasteiger partial charge in [-0.2, -0.15) is 0 Å². The first-order valence-electron chi connectivity index (χ1n) is 8.98. The lowest BCUT2D eigenvalue weighted by Gasteiger charge is -2.37. The predicted molar refractivity (Wildman–Crippen MR) is 115 cm³/mol. The summed E-state index contributed by atoms with van der Waals surface area (Å²) in [6.45, 7) is 3.82. The molecule has 0 radical (unpaired) electrons. The molecule has 0 N–H and O–H groups in total. The van der Waals surface area contributed by atoms with E-state index in [-0.39, 0.29) is 0 Å². The normalized spacial score (nSPS) is 15.3. The minimum absolute atomic E-state index is 0.777. The zero-order valence-corrected chi connectivity index (χ0v) is 17.5. The number of pyridine rings is 1. The van der Waals surface area contributed by atoms with Crippen LogP contribution >= 0.6 is 27.5 Å². The molecular weight excluding hydrogens is 426 g/mol. The van der Waals surface area contributed by atoms with Crippen LogP contribution in [0, 0.1) is 0 Å². The van der Waals surface area contributed by atoms with Gasteiger partial charge in [-0.25, -0.2) is 0 Å². The van der Waals surface area contributed by atoms with Gasteiger partial charge in [-0.3, -0.25) is 9.88 Å². The number of halogens is 2. The minimum Gasteiger partial charge on any atom is -0.497 e. The Morgan fingerprint density at radius 2 is 1.96 bits per heavy atom. The highest BCUT2D eigenvalue weighted by molar-refractivity contribution is 9.10. The van der Waals surface area contributed by atoms with E-state index in [1.54, 1.807) is 7.11 Å². The first kappa shape index (κ1) is 18.5. The molecule has 0 saturated carbocycles. The molecule has 27 heavy (non-hydrogen) atoms. The van der Waals surface area contributed by atoms with E-state index in [0.717, 1.165) is 64.6 Å². The second-order valence-electron chi connectivity index (χ2n) is 6.78. The van der Waals surface area contributed by atoms with E-state index in [2.05, 4.69) is 42.8 Å². The summed E-state index contributed by atoms with van der Waals surface area (Å²) in [7, 11) is 1.69. The van der Waals surface area contributed by atoms with Crippen LogP contribution in [0.2, 0.25) is 5.02 Å². The fraction of sp³-hybridized carbons (Fsp3) is 0.286. The third-order valence-electron chi connectivity index (χ3n) is 4.93. The van der Waals surface area contributed by atoms with Gasteiger partial charge in [0.2, 0.25) is 0 Å². The number of ether oxygens (including phenoxy) is 1. The molecule has 1 aliphatic rings. The fourth-order valence-electron chi connectivity index (χ4n) is 3.53.